The van der Waals surface area contributed by atoms with Crippen LogP contribution in [-0.2, 0) is 0 Å². The van der Waals surface area contributed by atoms with Gasteiger partial charge in [-0.25, -0.2) is 14.4 Å². The molecule has 0 radical (unpaired) electrons. The van der Waals surface area contributed by atoms with Gasteiger partial charge in [0.05, 0.1) is 6.04 Å². The Balaban J connectivity index is 1.79. The van der Waals surface area contributed by atoms with E-state index in [9.17, 15) is 4.39 Å². The number of anilines is 1. The first-order valence-corrected chi connectivity index (χ1v) is 7.71. The van der Waals surface area contributed by atoms with Crippen LogP contribution in [0.5, 0.6) is 5.75 Å². The van der Waals surface area contributed by atoms with E-state index in [4.69, 9.17) is 4.74 Å². The Labute approximate surface area is 140 Å². The van der Waals surface area contributed by atoms with Gasteiger partial charge in [-0.15, -0.1) is 0 Å². The molecule has 3 aromatic rings. The van der Waals surface area contributed by atoms with Crippen LogP contribution in [0.25, 0.3) is 0 Å². The number of nitrogens with zero attached hydrogens (tertiary/aromatic N) is 2. The lowest BCUT2D eigenvalue weighted by Crippen LogP contribution is -2.20. The summed E-state index contributed by atoms with van der Waals surface area (Å²) in [6.45, 7) is 2.16. The van der Waals surface area contributed by atoms with Gasteiger partial charge in [0, 0.05) is 11.9 Å². The van der Waals surface area contributed by atoms with Crippen LogP contribution in [0, 0.1) is 12.7 Å². The predicted molar refractivity (Wildman–Crippen MR) is 91.5 cm³/mol. The van der Waals surface area contributed by atoms with Crippen molar-refractivity contribution in [1.82, 2.24) is 9.97 Å². The van der Waals surface area contributed by atoms with Gasteiger partial charge in [0.25, 0.3) is 0 Å². The minimum absolute atomic E-state index is 0.201. The first-order chi connectivity index (χ1) is 11.7. The molecule has 0 aliphatic rings. The van der Waals surface area contributed by atoms with Crippen molar-refractivity contribution in [3.05, 3.63) is 83.9 Å². The molecule has 24 heavy (non-hydrogen) atoms. The topological polar surface area (TPSA) is 47.0 Å². The van der Waals surface area contributed by atoms with Crippen molar-refractivity contribution >= 4 is 5.95 Å². The van der Waals surface area contributed by atoms with Crippen LogP contribution in [0.4, 0.5) is 10.3 Å². The van der Waals surface area contributed by atoms with Gasteiger partial charge in [0.2, 0.25) is 5.95 Å². The molecule has 0 fully saturated rings. The Hall–Kier alpha value is -2.95. The average molecular weight is 323 g/mol. The highest BCUT2D eigenvalue weighted by molar-refractivity contribution is 5.33. The second kappa shape index (κ2) is 7.55. The summed E-state index contributed by atoms with van der Waals surface area (Å²) in [5.74, 6) is 0.363. The van der Waals surface area contributed by atoms with Crippen LogP contribution in [0.1, 0.15) is 17.3 Å². The third-order valence-electron chi connectivity index (χ3n) is 3.54. The Bertz CT molecular complexity index is 795. The second-order valence-corrected chi connectivity index (χ2v) is 5.37. The first-order valence-electron chi connectivity index (χ1n) is 7.71. The second-order valence-electron chi connectivity index (χ2n) is 5.37. The van der Waals surface area contributed by atoms with Gasteiger partial charge < -0.3 is 10.1 Å². The van der Waals surface area contributed by atoms with Crippen molar-refractivity contribution in [3.8, 4) is 5.75 Å². The molecule has 0 aliphatic heterocycles. The molecule has 3 rings (SSSR count). The molecule has 0 saturated carbocycles. The summed E-state index contributed by atoms with van der Waals surface area (Å²) in [7, 11) is 0. The monoisotopic (exact) mass is 323 g/mol. The molecule has 1 aromatic heterocycles. The van der Waals surface area contributed by atoms with Gasteiger partial charge in [-0.1, -0.05) is 42.5 Å². The van der Waals surface area contributed by atoms with Crippen LogP contribution in [-0.4, -0.2) is 16.6 Å². The molecule has 122 valence electrons. The number of aromatic nitrogens is 2. The fourth-order valence-electron chi connectivity index (χ4n) is 2.32. The molecule has 2 aromatic carbocycles. The Morgan fingerprint density at radius 1 is 1.04 bits per heavy atom. The standard InChI is InChI=1S/C19H18FN3O/c1-14-11-12-21-19(22-14)23-17(15-7-3-2-4-8-15)13-24-18-10-6-5-9-16(18)20/h2-12,17H,13H2,1H3,(H,21,22,23). The van der Waals surface area contributed by atoms with E-state index >= 15 is 0 Å². The SMILES string of the molecule is Cc1ccnc(NC(COc2ccccc2F)c2ccccc2)n1. The number of rotatable bonds is 6. The van der Waals surface area contributed by atoms with Crippen molar-refractivity contribution in [3.63, 3.8) is 0 Å². The van der Waals surface area contributed by atoms with Crippen LogP contribution >= 0.6 is 0 Å². The first kappa shape index (κ1) is 15.9. The predicted octanol–water partition coefficient (Wildman–Crippen LogP) is 4.16. The number of ether oxygens (including phenoxy) is 1. The average Bonchev–Trinajstić information content (AvgIpc) is 2.61. The van der Waals surface area contributed by atoms with E-state index in [2.05, 4.69) is 15.3 Å². The maximum Gasteiger partial charge on any atom is 0.223 e. The molecule has 0 saturated heterocycles. The van der Waals surface area contributed by atoms with E-state index in [-0.39, 0.29) is 24.2 Å². The quantitative estimate of drug-likeness (QED) is 0.740. The summed E-state index contributed by atoms with van der Waals surface area (Å²) in [6.07, 6.45) is 1.70. The molecule has 1 atom stereocenters. The van der Waals surface area contributed by atoms with Gasteiger partial charge in [-0.3, -0.25) is 0 Å². The summed E-state index contributed by atoms with van der Waals surface area (Å²) in [5.41, 5.74) is 1.88. The number of aryl methyl sites for hydroxylation is 1. The van der Waals surface area contributed by atoms with Gasteiger partial charge in [-0.2, -0.15) is 0 Å². The smallest absolute Gasteiger partial charge is 0.223 e. The highest BCUT2D eigenvalue weighted by Crippen LogP contribution is 2.21. The molecule has 0 amide bonds. The maximum atomic E-state index is 13.8. The number of nitrogens with one attached hydrogen (secondary N) is 1. The Morgan fingerprint density at radius 3 is 2.54 bits per heavy atom. The van der Waals surface area contributed by atoms with Gasteiger partial charge in [0.1, 0.15) is 6.61 Å². The van der Waals surface area contributed by atoms with E-state index in [1.54, 1.807) is 24.4 Å². The molecule has 4 nitrogen and oxygen atoms in total. The van der Waals surface area contributed by atoms with Crippen molar-refractivity contribution in [2.24, 2.45) is 0 Å². The molecule has 0 spiro atoms. The molecule has 1 heterocycles. The number of hydrogen-bond acceptors (Lipinski definition) is 4. The molecular weight excluding hydrogens is 305 g/mol. The van der Waals surface area contributed by atoms with Crippen LogP contribution in [0.3, 0.4) is 0 Å². The number of para-hydroxylation sites is 1. The Kier molecular flexibility index (Phi) is 5.01. The largest absolute Gasteiger partial charge is 0.488 e. The normalized spacial score (nSPS) is 11.8. The highest BCUT2D eigenvalue weighted by Gasteiger charge is 2.15. The maximum absolute atomic E-state index is 13.8. The number of hydrogen-bond donors (Lipinski definition) is 1. The van der Waals surface area contributed by atoms with E-state index in [1.807, 2.05) is 43.3 Å². The number of benzene rings is 2. The lowest BCUT2D eigenvalue weighted by Gasteiger charge is -2.20. The van der Waals surface area contributed by atoms with Gasteiger partial charge >= 0.3 is 0 Å². The van der Waals surface area contributed by atoms with Crippen LogP contribution in [0.2, 0.25) is 0 Å². The fourth-order valence-corrected chi connectivity index (χ4v) is 2.32. The minimum atomic E-state index is -0.379. The summed E-state index contributed by atoms with van der Waals surface area (Å²) >= 11 is 0. The van der Waals surface area contributed by atoms with E-state index < -0.39 is 0 Å². The molecular formula is C19H18FN3O. The van der Waals surface area contributed by atoms with Crippen LogP contribution < -0.4 is 10.1 Å². The number of halogens is 1. The van der Waals surface area contributed by atoms with Crippen LogP contribution in [0.15, 0.2) is 66.9 Å². The molecule has 0 bridgehead atoms. The van der Waals surface area contributed by atoms with E-state index in [0.29, 0.717) is 5.95 Å². The van der Waals surface area contributed by atoms with Crippen molar-refractivity contribution in [2.75, 3.05) is 11.9 Å². The van der Waals surface area contributed by atoms with Gasteiger partial charge in [-0.05, 0) is 30.7 Å². The van der Waals surface area contributed by atoms with Crippen molar-refractivity contribution in [2.45, 2.75) is 13.0 Å². The zero-order valence-electron chi connectivity index (χ0n) is 13.3. The van der Waals surface area contributed by atoms with E-state index in [0.717, 1.165) is 11.3 Å². The van der Waals surface area contributed by atoms with E-state index in [1.165, 1.54) is 6.07 Å². The van der Waals surface area contributed by atoms with Crippen molar-refractivity contribution < 1.29 is 9.13 Å². The fraction of sp³-hybridized carbons (Fsp3) is 0.158. The minimum Gasteiger partial charge on any atom is -0.488 e. The summed E-state index contributed by atoms with van der Waals surface area (Å²) in [6, 6.07) is 17.8. The third kappa shape index (κ3) is 4.07. The van der Waals surface area contributed by atoms with Gasteiger partial charge in [0.15, 0.2) is 11.6 Å². The highest BCUT2D eigenvalue weighted by atomic mass is 19.1. The Morgan fingerprint density at radius 2 is 1.79 bits per heavy atom. The van der Waals surface area contributed by atoms with Crippen molar-refractivity contribution in [1.29, 1.82) is 0 Å². The molecule has 1 N–H and O–H groups in total. The lowest BCUT2D eigenvalue weighted by atomic mass is 10.1. The molecule has 5 heteroatoms. The zero-order chi connectivity index (χ0) is 16.8. The zero-order valence-corrected chi connectivity index (χ0v) is 13.3. The lowest BCUT2D eigenvalue weighted by molar-refractivity contribution is 0.284. The summed E-state index contributed by atoms with van der Waals surface area (Å²) in [5, 5.41) is 3.26. The summed E-state index contributed by atoms with van der Waals surface area (Å²) < 4.78 is 19.4. The molecule has 1 unspecified atom stereocenters. The molecule has 0 aliphatic carbocycles. The summed E-state index contributed by atoms with van der Waals surface area (Å²) in [4.78, 5) is 8.58. The third-order valence-corrected chi connectivity index (χ3v) is 3.54.